The van der Waals surface area contributed by atoms with Crippen molar-refractivity contribution < 1.29 is 4.74 Å². The predicted molar refractivity (Wildman–Crippen MR) is 94.4 cm³/mol. The van der Waals surface area contributed by atoms with Gasteiger partial charge in [-0.3, -0.25) is 9.88 Å². The van der Waals surface area contributed by atoms with E-state index in [1.807, 2.05) is 36.4 Å². The smallest absolute Gasteiger partial charge is 0.131 e. The first kappa shape index (κ1) is 15.6. The van der Waals surface area contributed by atoms with E-state index >= 15 is 0 Å². The molecule has 23 heavy (non-hydrogen) atoms. The lowest BCUT2D eigenvalue weighted by molar-refractivity contribution is 0.234. The Bertz CT molecular complexity index is 726. The fraction of sp³-hybridized carbons (Fsp3) is 0.316. The number of nitrogens with two attached hydrogens (primary N) is 1. The summed E-state index contributed by atoms with van der Waals surface area (Å²) < 4.78 is 5.90. The fourth-order valence-corrected chi connectivity index (χ4v) is 2.85. The van der Waals surface area contributed by atoms with Gasteiger partial charge >= 0.3 is 0 Å². The Morgan fingerprint density at radius 2 is 1.96 bits per heavy atom. The second-order valence-electron chi connectivity index (χ2n) is 6.26. The van der Waals surface area contributed by atoms with Crippen LogP contribution in [0.5, 0.6) is 11.5 Å². The zero-order chi connectivity index (χ0) is 16.4. The van der Waals surface area contributed by atoms with E-state index in [1.54, 1.807) is 6.20 Å². The number of aromatic nitrogens is 1. The Hall–Kier alpha value is -2.33. The molecule has 0 saturated carbocycles. The lowest BCUT2D eigenvalue weighted by atomic mass is 9.93. The lowest BCUT2D eigenvalue weighted by Gasteiger charge is -2.34. The van der Waals surface area contributed by atoms with Crippen LogP contribution >= 0.6 is 0 Å². The van der Waals surface area contributed by atoms with Crippen molar-refractivity contribution in [2.24, 2.45) is 5.92 Å². The van der Waals surface area contributed by atoms with Gasteiger partial charge in [0.2, 0.25) is 0 Å². The van der Waals surface area contributed by atoms with Gasteiger partial charge in [-0.2, -0.15) is 0 Å². The summed E-state index contributed by atoms with van der Waals surface area (Å²) in [6, 6.07) is 11.8. The zero-order valence-corrected chi connectivity index (χ0v) is 13.9. The van der Waals surface area contributed by atoms with Gasteiger partial charge in [0.25, 0.3) is 0 Å². The molecule has 2 aromatic rings. The molecule has 2 N–H and O–H groups in total. The molecule has 4 heteroatoms. The van der Waals surface area contributed by atoms with Crippen LogP contribution < -0.4 is 10.5 Å². The highest BCUT2D eigenvalue weighted by Gasteiger charge is 2.23. The molecule has 120 valence electrons. The number of nitrogens with zero attached hydrogens (tertiary/aromatic N) is 2. The summed E-state index contributed by atoms with van der Waals surface area (Å²) in [6.07, 6.45) is 4.11. The molecule has 3 rings (SSSR count). The van der Waals surface area contributed by atoms with Gasteiger partial charge in [-0.15, -0.1) is 0 Å². The summed E-state index contributed by atoms with van der Waals surface area (Å²) in [5, 5.41) is 0. The molecule has 0 spiro atoms. The van der Waals surface area contributed by atoms with Gasteiger partial charge in [0, 0.05) is 36.6 Å². The van der Waals surface area contributed by atoms with Crippen molar-refractivity contribution in [2.75, 3.05) is 19.3 Å². The zero-order valence-electron chi connectivity index (χ0n) is 13.9. The molecule has 2 heterocycles. The minimum atomic E-state index is 0.504. The topological polar surface area (TPSA) is 51.4 Å². The summed E-state index contributed by atoms with van der Waals surface area (Å²) in [5.41, 5.74) is 8.70. The maximum absolute atomic E-state index is 5.90. The number of hydrogen-bond acceptors (Lipinski definition) is 4. The minimum Gasteiger partial charge on any atom is -0.457 e. The normalized spacial score (nSPS) is 21.8. The van der Waals surface area contributed by atoms with Gasteiger partial charge in [-0.1, -0.05) is 19.1 Å². The third kappa shape index (κ3) is 3.54. The number of anilines is 1. The van der Waals surface area contributed by atoms with E-state index in [-0.39, 0.29) is 0 Å². The highest BCUT2D eigenvalue weighted by atomic mass is 16.5. The Kier molecular flexibility index (Phi) is 4.35. The van der Waals surface area contributed by atoms with Gasteiger partial charge in [0.1, 0.15) is 11.5 Å². The number of ether oxygens (including phenoxy) is 1. The van der Waals surface area contributed by atoms with Crippen LogP contribution in [-0.2, 0) is 0 Å². The van der Waals surface area contributed by atoms with Crippen LogP contribution in [0.4, 0.5) is 5.69 Å². The Morgan fingerprint density at radius 1 is 1.17 bits per heavy atom. The van der Waals surface area contributed by atoms with Crippen LogP contribution in [0, 0.1) is 5.92 Å². The summed E-state index contributed by atoms with van der Waals surface area (Å²) >= 11 is 0. The van der Waals surface area contributed by atoms with Crippen molar-refractivity contribution in [3.63, 3.8) is 0 Å². The third-order valence-corrected chi connectivity index (χ3v) is 4.49. The maximum atomic E-state index is 5.90. The van der Waals surface area contributed by atoms with Crippen LogP contribution in [0.1, 0.15) is 19.5 Å². The van der Waals surface area contributed by atoms with Crippen molar-refractivity contribution in [1.82, 2.24) is 9.88 Å². The molecule has 1 aliphatic rings. The number of hydrogen-bond donors (Lipinski definition) is 1. The van der Waals surface area contributed by atoms with Crippen molar-refractivity contribution in [2.45, 2.75) is 19.9 Å². The van der Waals surface area contributed by atoms with Crippen molar-refractivity contribution in [1.29, 1.82) is 0 Å². The van der Waals surface area contributed by atoms with Gasteiger partial charge in [0.05, 0.1) is 5.69 Å². The van der Waals surface area contributed by atoms with Gasteiger partial charge in [0.15, 0.2) is 0 Å². The molecule has 2 unspecified atom stereocenters. The average Bonchev–Trinajstić information content (AvgIpc) is 2.52. The van der Waals surface area contributed by atoms with E-state index in [1.165, 1.54) is 5.57 Å². The summed E-state index contributed by atoms with van der Waals surface area (Å²) in [4.78, 5) is 6.87. The highest BCUT2D eigenvalue weighted by Crippen LogP contribution is 2.29. The summed E-state index contributed by atoms with van der Waals surface area (Å²) in [6.45, 7) is 5.40. The molecule has 1 aromatic heterocycles. The van der Waals surface area contributed by atoms with Gasteiger partial charge in [-0.05, 0) is 43.7 Å². The van der Waals surface area contributed by atoms with E-state index in [9.17, 15) is 0 Å². The molecule has 1 aromatic carbocycles. The summed E-state index contributed by atoms with van der Waals surface area (Å²) in [5.74, 6) is 2.01. The Morgan fingerprint density at radius 3 is 2.70 bits per heavy atom. The summed E-state index contributed by atoms with van der Waals surface area (Å²) in [7, 11) is 2.15. The number of nitrogen functional groups attached to an aromatic ring is 1. The SMILES string of the molecule is CC1C=C(c2cc(Oc3cccc(N)c3)ccn2)CN(C)C1C. The monoisotopic (exact) mass is 309 g/mol. The second kappa shape index (κ2) is 6.42. The van der Waals surface area contributed by atoms with Crippen LogP contribution in [0.15, 0.2) is 48.7 Å². The fourth-order valence-electron chi connectivity index (χ4n) is 2.85. The number of rotatable bonds is 3. The standard InChI is InChI=1S/C19H23N3O/c1-13-9-15(12-22(3)14(13)2)19-11-18(7-8-21-19)23-17-6-4-5-16(20)10-17/h4-11,13-14H,12,20H2,1-3H3. The first-order valence-electron chi connectivity index (χ1n) is 7.93. The molecule has 2 atom stereocenters. The molecule has 0 radical (unpaired) electrons. The minimum absolute atomic E-state index is 0.504. The molecule has 1 aliphatic heterocycles. The van der Waals surface area contributed by atoms with E-state index in [0.29, 0.717) is 17.6 Å². The van der Waals surface area contributed by atoms with Gasteiger partial charge < -0.3 is 10.5 Å². The highest BCUT2D eigenvalue weighted by molar-refractivity contribution is 5.66. The van der Waals surface area contributed by atoms with Crippen molar-refractivity contribution in [3.05, 3.63) is 54.4 Å². The van der Waals surface area contributed by atoms with Crippen LogP contribution in [0.2, 0.25) is 0 Å². The predicted octanol–water partition coefficient (Wildman–Crippen LogP) is 3.81. The Labute approximate surface area is 137 Å². The number of benzene rings is 1. The van der Waals surface area contributed by atoms with Crippen LogP contribution in [0.3, 0.4) is 0 Å². The maximum Gasteiger partial charge on any atom is 0.131 e. The molecular formula is C19H23N3O. The Balaban J connectivity index is 1.84. The van der Waals surface area contributed by atoms with Crippen molar-refractivity contribution in [3.8, 4) is 11.5 Å². The van der Waals surface area contributed by atoms with E-state index in [4.69, 9.17) is 10.5 Å². The molecule has 0 aliphatic carbocycles. The largest absolute Gasteiger partial charge is 0.457 e. The average molecular weight is 309 g/mol. The quantitative estimate of drug-likeness (QED) is 0.876. The first-order chi connectivity index (χ1) is 11.0. The van der Waals surface area contributed by atoms with Crippen molar-refractivity contribution >= 4 is 11.3 Å². The number of pyridine rings is 1. The van der Waals surface area contributed by atoms with Gasteiger partial charge in [-0.25, -0.2) is 0 Å². The third-order valence-electron chi connectivity index (χ3n) is 4.49. The van der Waals surface area contributed by atoms with E-state index in [0.717, 1.165) is 23.7 Å². The first-order valence-corrected chi connectivity index (χ1v) is 7.93. The van der Waals surface area contributed by atoms with Crippen LogP contribution in [-0.4, -0.2) is 29.5 Å². The lowest BCUT2D eigenvalue weighted by Crippen LogP contribution is -2.38. The molecule has 0 bridgehead atoms. The molecular weight excluding hydrogens is 286 g/mol. The molecule has 0 saturated heterocycles. The molecule has 0 fully saturated rings. The molecule has 0 amide bonds. The molecule has 4 nitrogen and oxygen atoms in total. The van der Waals surface area contributed by atoms with Crippen LogP contribution in [0.25, 0.3) is 5.57 Å². The van der Waals surface area contributed by atoms with E-state index in [2.05, 4.69) is 36.9 Å². The second-order valence-corrected chi connectivity index (χ2v) is 6.26. The van der Waals surface area contributed by atoms with E-state index < -0.39 is 0 Å². The number of likely N-dealkylation sites (N-methyl/N-ethyl adjacent to an activating group) is 1.